The second-order valence-corrected chi connectivity index (χ2v) is 7.04. The van der Waals surface area contributed by atoms with E-state index in [0.29, 0.717) is 37.6 Å². The number of nitrogens with zero attached hydrogens (tertiary/aromatic N) is 2. The van der Waals surface area contributed by atoms with Crippen LogP contribution in [0.3, 0.4) is 0 Å². The van der Waals surface area contributed by atoms with Crippen molar-refractivity contribution < 1.29 is 14.6 Å². The number of hydrogen-bond donors (Lipinski definition) is 4. The van der Waals surface area contributed by atoms with Crippen molar-refractivity contribution in [1.29, 1.82) is 0 Å². The lowest BCUT2D eigenvalue weighted by Gasteiger charge is -2.11. The van der Waals surface area contributed by atoms with Gasteiger partial charge in [0, 0.05) is 50.4 Å². The number of halogens is 2. The van der Waals surface area contributed by atoms with E-state index in [9.17, 15) is 25.0 Å². The Morgan fingerprint density at radius 2 is 1.29 bits per heavy atom. The van der Waals surface area contributed by atoms with E-state index in [1.54, 1.807) is 0 Å². The number of carbonyl (C=O) groups excluding carboxylic acids is 1. The lowest BCUT2D eigenvalue weighted by molar-refractivity contribution is -0.385. The Hall–Kier alpha value is -3.15. The molecule has 0 unspecified atom stereocenters. The van der Waals surface area contributed by atoms with Crippen LogP contribution in [-0.2, 0) is 4.79 Å². The van der Waals surface area contributed by atoms with Gasteiger partial charge in [0.2, 0.25) is 5.91 Å². The number of nitrogens with one attached hydrogen (secondary N) is 4. The highest BCUT2D eigenvalue weighted by atomic mass is 35.5. The van der Waals surface area contributed by atoms with Gasteiger partial charge in [-0.3, -0.25) is 25.0 Å². The second-order valence-electron chi connectivity index (χ2n) is 6.22. The molecule has 0 aliphatic rings. The zero-order valence-electron chi connectivity index (χ0n) is 16.2. The first-order valence-corrected chi connectivity index (χ1v) is 9.86. The summed E-state index contributed by atoms with van der Waals surface area (Å²) in [6, 6.07) is 8.25. The van der Waals surface area contributed by atoms with E-state index in [0.717, 1.165) is 0 Å². The number of nitro benzene ring substituents is 2. The van der Waals surface area contributed by atoms with Gasteiger partial charge in [0.1, 0.15) is 0 Å². The molecule has 0 spiro atoms. The maximum atomic E-state index is 11.8. The molecule has 1 amide bonds. The SMILES string of the molecule is O=C(CNCCNc1ccc([N+](=O)[O-])cc1Cl)NCCNc1ccc([N+](=O)[O-])cc1Cl. The van der Waals surface area contributed by atoms with Crippen LogP contribution in [0.25, 0.3) is 0 Å². The molecule has 2 aromatic carbocycles. The molecule has 0 saturated carbocycles. The van der Waals surface area contributed by atoms with Crippen LogP contribution in [0.2, 0.25) is 10.0 Å². The minimum absolute atomic E-state index is 0.0873. The van der Waals surface area contributed by atoms with Crippen LogP contribution >= 0.6 is 23.2 Å². The van der Waals surface area contributed by atoms with Gasteiger partial charge in [0.05, 0.1) is 37.8 Å². The summed E-state index contributed by atoms with van der Waals surface area (Å²) in [5.41, 5.74) is 0.918. The minimum Gasteiger partial charge on any atom is -0.383 e. The van der Waals surface area contributed by atoms with Crippen molar-refractivity contribution in [3.63, 3.8) is 0 Å². The minimum atomic E-state index is -0.529. The van der Waals surface area contributed by atoms with Gasteiger partial charge < -0.3 is 21.3 Å². The van der Waals surface area contributed by atoms with Gasteiger partial charge in [0.15, 0.2) is 0 Å². The third-order valence-electron chi connectivity index (χ3n) is 3.99. The van der Waals surface area contributed by atoms with Crippen LogP contribution in [0.5, 0.6) is 0 Å². The predicted octanol–water partition coefficient (Wildman–Crippen LogP) is 3.04. The average Bonchev–Trinajstić information content (AvgIpc) is 2.72. The van der Waals surface area contributed by atoms with Crippen molar-refractivity contribution in [1.82, 2.24) is 10.6 Å². The first-order chi connectivity index (χ1) is 14.8. The van der Waals surface area contributed by atoms with Gasteiger partial charge in [-0.1, -0.05) is 23.2 Å². The van der Waals surface area contributed by atoms with E-state index in [2.05, 4.69) is 21.3 Å². The van der Waals surface area contributed by atoms with Crippen molar-refractivity contribution in [3.8, 4) is 0 Å². The third-order valence-corrected chi connectivity index (χ3v) is 4.62. The maximum Gasteiger partial charge on any atom is 0.271 e. The van der Waals surface area contributed by atoms with Crippen molar-refractivity contribution in [3.05, 3.63) is 66.7 Å². The Morgan fingerprint density at radius 3 is 1.74 bits per heavy atom. The fraction of sp³-hybridized carbons (Fsp3) is 0.278. The van der Waals surface area contributed by atoms with Gasteiger partial charge in [-0.05, 0) is 12.1 Å². The monoisotopic (exact) mass is 470 g/mol. The Labute approximate surface area is 187 Å². The van der Waals surface area contributed by atoms with Gasteiger partial charge >= 0.3 is 0 Å². The standard InChI is InChI=1S/C18H20Cl2N6O5/c19-14-9-12(25(28)29)1-3-16(14)22-6-5-21-11-18(27)24-8-7-23-17-4-2-13(26(30)31)10-15(17)20/h1-4,9-10,21-23H,5-8,11H2,(H,24,27). The highest BCUT2D eigenvalue weighted by Gasteiger charge is 2.10. The fourth-order valence-electron chi connectivity index (χ4n) is 2.47. The summed E-state index contributed by atoms with van der Waals surface area (Å²) in [7, 11) is 0. The molecule has 0 aliphatic heterocycles. The molecule has 0 heterocycles. The molecule has 0 aliphatic carbocycles. The third kappa shape index (κ3) is 7.89. The van der Waals surface area contributed by atoms with Crippen molar-refractivity contribution >= 4 is 51.9 Å². The summed E-state index contributed by atoms with van der Waals surface area (Å²) in [4.78, 5) is 32.2. The number of carbonyl (C=O) groups is 1. The van der Waals surface area contributed by atoms with Crippen LogP contribution in [0.15, 0.2) is 36.4 Å². The molecule has 0 aromatic heterocycles. The first kappa shape index (κ1) is 24.1. The number of non-ortho nitro benzene ring substituents is 2. The molecule has 0 saturated heterocycles. The molecule has 2 aromatic rings. The number of hydrogen-bond acceptors (Lipinski definition) is 8. The number of rotatable bonds is 12. The molecule has 11 nitrogen and oxygen atoms in total. The van der Waals surface area contributed by atoms with E-state index in [4.69, 9.17) is 23.2 Å². The van der Waals surface area contributed by atoms with Crippen molar-refractivity contribution in [2.24, 2.45) is 0 Å². The van der Waals surface area contributed by atoms with Crippen molar-refractivity contribution in [2.75, 3.05) is 43.4 Å². The molecule has 2 rings (SSSR count). The summed E-state index contributed by atoms with van der Waals surface area (Å²) < 4.78 is 0. The first-order valence-electron chi connectivity index (χ1n) is 9.11. The number of amides is 1. The fourth-order valence-corrected chi connectivity index (χ4v) is 2.95. The summed E-state index contributed by atoms with van der Waals surface area (Å²) in [5, 5.41) is 33.5. The van der Waals surface area contributed by atoms with Crippen molar-refractivity contribution in [2.45, 2.75) is 0 Å². The topological polar surface area (TPSA) is 151 Å². The van der Waals surface area contributed by atoms with E-state index in [1.807, 2.05) is 0 Å². The van der Waals surface area contributed by atoms with E-state index in [-0.39, 0.29) is 33.9 Å². The molecule has 0 bridgehead atoms. The average molecular weight is 471 g/mol. The quantitative estimate of drug-likeness (QED) is 0.210. The molecule has 166 valence electrons. The van der Waals surface area contributed by atoms with Crippen LogP contribution in [0, 0.1) is 20.2 Å². The highest BCUT2D eigenvalue weighted by Crippen LogP contribution is 2.27. The Balaban J connectivity index is 1.59. The summed E-state index contributed by atoms with van der Waals surface area (Å²) in [5.74, 6) is -0.204. The van der Waals surface area contributed by atoms with Gasteiger partial charge in [-0.2, -0.15) is 0 Å². The lowest BCUT2D eigenvalue weighted by Crippen LogP contribution is -2.37. The lowest BCUT2D eigenvalue weighted by atomic mass is 10.3. The molecule has 0 radical (unpaired) electrons. The van der Waals surface area contributed by atoms with Gasteiger partial charge in [-0.15, -0.1) is 0 Å². The predicted molar refractivity (Wildman–Crippen MR) is 119 cm³/mol. The largest absolute Gasteiger partial charge is 0.383 e. The normalized spacial score (nSPS) is 10.4. The summed E-state index contributed by atoms with van der Waals surface area (Å²) in [6.45, 7) is 1.77. The number of nitro groups is 2. The Bertz CT molecular complexity index is 959. The van der Waals surface area contributed by atoms with Crippen LogP contribution < -0.4 is 21.3 Å². The molecule has 0 atom stereocenters. The van der Waals surface area contributed by atoms with Gasteiger partial charge in [0.25, 0.3) is 11.4 Å². The smallest absolute Gasteiger partial charge is 0.271 e. The number of benzene rings is 2. The van der Waals surface area contributed by atoms with Gasteiger partial charge in [-0.25, -0.2) is 0 Å². The molecule has 0 fully saturated rings. The maximum absolute atomic E-state index is 11.8. The summed E-state index contributed by atoms with van der Waals surface area (Å²) >= 11 is 12.0. The van der Waals surface area contributed by atoms with Crippen LogP contribution in [0.1, 0.15) is 0 Å². The Morgan fingerprint density at radius 1 is 0.806 bits per heavy atom. The molecular formula is C18H20Cl2N6O5. The Kier molecular flexibility index (Phi) is 9.25. The summed E-state index contributed by atoms with van der Waals surface area (Å²) in [6.07, 6.45) is 0. The van der Waals surface area contributed by atoms with Crippen LogP contribution in [0.4, 0.5) is 22.7 Å². The molecule has 4 N–H and O–H groups in total. The zero-order valence-corrected chi connectivity index (χ0v) is 17.7. The molecular weight excluding hydrogens is 451 g/mol. The zero-order chi connectivity index (χ0) is 22.8. The van der Waals surface area contributed by atoms with Crippen LogP contribution in [-0.4, -0.2) is 48.5 Å². The number of anilines is 2. The highest BCUT2D eigenvalue weighted by molar-refractivity contribution is 6.33. The molecule has 31 heavy (non-hydrogen) atoms. The van der Waals surface area contributed by atoms with E-state index < -0.39 is 9.85 Å². The second kappa shape index (κ2) is 11.9. The molecule has 13 heteroatoms. The van der Waals surface area contributed by atoms with E-state index >= 15 is 0 Å². The van der Waals surface area contributed by atoms with E-state index in [1.165, 1.54) is 36.4 Å².